The van der Waals surface area contributed by atoms with E-state index in [2.05, 4.69) is 15.6 Å². The molecular weight excluding hydrogens is 500 g/mol. The maximum absolute atomic E-state index is 13.7. The molecule has 1 aromatic carbocycles. The number of carbonyl (C=O) groups excluding carboxylic acids is 4. The van der Waals surface area contributed by atoms with Crippen LogP contribution < -0.4 is 15.4 Å². The number of carbonyl (C=O) groups is 4. The van der Waals surface area contributed by atoms with Gasteiger partial charge in [0.2, 0.25) is 11.8 Å². The quantitative estimate of drug-likeness (QED) is 0.409. The number of likely N-dealkylation sites (tertiary alicyclic amines) is 1. The van der Waals surface area contributed by atoms with Gasteiger partial charge in [0.1, 0.15) is 24.1 Å². The number of aliphatic hydroxyl groups excluding tert-OH is 1. The summed E-state index contributed by atoms with van der Waals surface area (Å²) < 4.78 is 5.41. The zero-order chi connectivity index (χ0) is 26.3. The van der Waals surface area contributed by atoms with Crippen molar-refractivity contribution < 1.29 is 29.0 Å². The number of aliphatic hydroxyl groups is 1. The number of hydrogen-bond acceptors (Lipinski definition) is 6. The van der Waals surface area contributed by atoms with Gasteiger partial charge in [0.25, 0.3) is 5.91 Å². The molecule has 5 atom stereocenters. The molecule has 1 aliphatic carbocycles. The van der Waals surface area contributed by atoms with Crippen LogP contribution in [0.25, 0.3) is 10.9 Å². The van der Waals surface area contributed by atoms with E-state index in [1.54, 1.807) is 23.1 Å². The van der Waals surface area contributed by atoms with Gasteiger partial charge in [0.05, 0.1) is 18.7 Å². The lowest BCUT2D eigenvalue weighted by molar-refractivity contribution is -0.133. The SMILES string of the molecule is COc1cc(Cl)cc2[nH]c(C(=O)N3C[C@@H]4CCC[C@@H]4[C@H]3C(=O)NC(C[C@@H]3CCNC3=O)C(=O)CO)cc12. The van der Waals surface area contributed by atoms with Gasteiger partial charge in [-0.2, -0.15) is 0 Å². The molecular formula is C26H31ClN4O6. The fourth-order valence-corrected chi connectivity index (χ4v) is 6.46. The first kappa shape index (κ1) is 25.5. The van der Waals surface area contributed by atoms with E-state index in [-0.39, 0.29) is 30.1 Å². The molecule has 2 saturated heterocycles. The first-order valence-electron chi connectivity index (χ1n) is 12.7. The van der Waals surface area contributed by atoms with Crippen LogP contribution in [0.3, 0.4) is 0 Å². The molecule has 10 nitrogen and oxygen atoms in total. The minimum Gasteiger partial charge on any atom is -0.496 e. The van der Waals surface area contributed by atoms with Gasteiger partial charge in [-0.3, -0.25) is 19.2 Å². The Morgan fingerprint density at radius 2 is 2.05 bits per heavy atom. The third-order valence-corrected chi connectivity index (χ3v) is 8.30. The van der Waals surface area contributed by atoms with Gasteiger partial charge in [-0.05, 0) is 55.7 Å². The Hall–Kier alpha value is -3.11. The molecule has 0 spiro atoms. The topological polar surface area (TPSA) is 141 Å². The van der Waals surface area contributed by atoms with Crippen molar-refractivity contribution >= 4 is 46.0 Å². The van der Waals surface area contributed by atoms with E-state index in [9.17, 15) is 24.3 Å². The van der Waals surface area contributed by atoms with Gasteiger partial charge in [0.15, 0.2) is 5.78 Å². The highest BCUT2D eigenvalue weighted by Crippen LogP contribution is 2.43. The van der Waals surface area contributed by atoms with Crippen LogP contribution in [0.5, 0.6) is 5.75 Å². The van der Waals surface area contributed by atoms with Crippen LogP contribution in [0.1, 0.15) is 42.6 Å². The molecule has 11 heteroatoms. The first-order valence-corrected chi connectivity index (χ1v) is 13.1. The highest BCUT2D eigenvalue weighted by atomic mass is 35.5. The standard InChI is InChI=1S/C26H31ClN4O6/c1-37-22-9-15(27)8-18-17(22)10-20(29-18)26(36)31-11-14-3-2-4-16(14)23(31)25(35)30-19(21(33)12-32)7-13-5-6-28-24(13)34/h8-10,13-14,16,19,23,29,32H,2-7,11-12H2,1H3,(H,28,34)(H,30,35)/t13-,14-,16-,19?,23-/m0/s1. The highest BCUT2D eigenvalue weighted by molar-refractivity contribution is 6.31. The molecule has 0 radical (unpaired) electrons. The number of aromatic nitrogens is 1. The molecule has 3 heterocycles. The summed E-state index contributed by atoms with van der Waals surface area (Å²) in [6, 6.07) is 3.34. The maximum atomic E-state index is 13.7. The van der Waals surface area contributed by atoms with Crippen LogP contribution in [0, 0.1) is 17.8 Å². The number of amides is 3. The van der Waals surface area contributed by atoms with E-state index in [1.165, 1.54) is 7.11 Å². The van der Waals surface area contributed by atoms with Crippen molar-refractivity contribution in [3.05, 3.63) is 28.9 Å². The molecule has 3 fully saturated rings. The van der Waals surface area contributed by atoms with Crippen LogP contribution in [0.2, 0.25) is 5.02 Å². The Morgan fingerprint density at radius 3 is 2.76 bits per heavy atom. The molecule has 37 heavy (non-hydrogen) atoms. The zero-order valence-corrected chi connectivity index (χ0v) is 21.3. The van der Waals surface area contributed by atoms with E-state index in [0.717, 1.165) is 19.3 Å². The number of ether oxygens (including phenoxy) is 1. The number of Topliss-reactive ketones (excluding diaryl/α,β-unsaturated/α-hetero) is 1. The van der Waals surface area contributed by atoms with Crippen LogP contribution in [-0.2, 0) is 14.4 Å². The Kier molecular flexibility index (Phi) is 7.13. The first-order chi connectivity index (χ1) is 17.8. The van der Waals surface area contributed by atoms with E-state index < -0.39 is 36.3 Å². The van der Waals surface area contributed by atoms with Gasteiger partial charge in [-0.25, -0.2) is 0 Å². The lowest BCUT2D eigenvalue weighted by Gasteiger charge is -2.29. The van der Waals surface area contributed by atoms with Crippen LogP contribution in [-0.4, -0.2) is 77.4 Å². The number of aromatic amines is 1. The Labute approximate surface area is 219 Å². The van der Waals surface area contributed by atoms with Crippen LogP contribution >= 0.6 is 11.6 Å². The molecule has 0 bridgehead atoms. The van der Waals surface area contributed by atoms with E-state index in [0.29, 0.717) is 46.9 Å². The summed E-state index contributed by atoms with van der Waals surface area (Å²) in [6.45, 7) is 0.225. The number of methoxy groups -OCH3 is 1. The number of ketones is 1. The molecule has 1 unspecified atom stereocenters. The second-order valence-corrected chi connectivity index (χ2v) is 10.6. The molecule has 1 saturated carbocycles. The molecule has 1 aromatic heterocycles. The van der Waals surface area contributed by atoms with E-state index in [4.69, 9.17) is 16.3 Å². The summed E-state index contributed by atoms with van der Waals surface area (Å²) in [5, 5.41) is 16.2. The summed E-state index contributed by atoms with van der Waals surface area (Å²) in [7, 11) is 1.53. The van der Waals surface area contributed by atoms with Crippen molar-refractivity contribution in [1.82, 2.24) is 20.5 Å². The van der Waals surface area contributed by atoms with Crippen molar-refractivity contribution in [2.24, 2.45) is 17.8 Å². The molecule has 198 valence electrons. The molecule has 3 amide bonds. The van der Waals surface area contributed by atoms with E-state index in [1.807, 2.05) is 0 Å². The highest BCUT2D eigenvalue weighted by Gasteiger charge is 2.50. The monoisotopic (exact) mass is 530 g/mol. The third kappa shape index (κ3) is 4.80. The predicted molar refractivity (Wildman–Crippen MR) is 135 cm³/mol. The van der Waals surface area contributed by atoms with E-state index >= 15 is 0 Å². The largest absolute Gasteiger partial charge is 0.496 e. The summed E-state index contributed by atoms with van der Waals surface area (Å²) in [5.41, 5.74) is 0.968. The van der Waals surface area contributed by atoms with Gasteiger partial charge < -0.3 is 30.4 Å². The number of rotatable bonds is 8. The number of hydrogen-bond donors (Lipinski definition) is 4. The summed E-state index contributed by atoms with van der Waals surface area (Å²) in [6.07, 6.45) is 3.40. The van der Waals surface area contributed by atoms with Crippen molar-refractivity contribution in [2.45, 2.75) is 44.2 Å². The van der Waals surface area contributed by atoms with Crippen LogP contribution in [0.4, 0.5) is 0 Å². The number of fused-ring (bicyclic) bond motifs is 2. The number of benzene rings is 1. The molecule has 5 rings (SSSR count). The normalized spacial score (nSPS) is 25.7. The third-order valence-electron chi connectivity index (χ3n) is 8.08. The molecule has 4 N–H and O–H groups in total. The summed E-state index contributed by atoms with van der Waals surface area (Å²) in [5.74, 6) is -1.15. The zero-order valence-electron chi connectivity index (χ0n) is 20.6. The van der Waals surface area contributed by atoms with Crippen molar-refractivity contribution in [2.75, 3.05) is 26.8 Å². The minimum atomic E-state index is -0.997. The van der Waals surface area contributed by atoms with Crippen molar-refractivity contribution in [3.8, 4) is 5.75 Å². The van der Waals surface area contributed by atoms with Gasteiger partial charge in [0, 0.05) is 29.4 Å². The average molecular weight is 531 g/mol. The van der Waals surface area contributed by atoms with Gasteiger partial charge >= 0.3 is 0 Å². The molecule has 3 aliphatic rings. The second kappa shape index (κ2) is 10.3. The van der Waals surface area contributed by atoms with Gasteiger partial charge in [-0.15, -0.1) is 0 Å². The van der Waals surface area contributed by atoms with Gasteiger partial charge in [-0.1, -0.05) is 18.0 Å². The number of nitrogens with zero attached hydrogens (tertiary/aromatic N) is 1. The smallest absolute Gasteiger partial charge is 0.271 e. The lowest BCUT2D eigenvalue weighted by Crippen LogP contribution is -2.53. The fraction of sp³-hybridized carbons (Fsp3) is 0.538. The number of halogens is 1. The minimum absolute atomic E-state index is 0.0167. The number of nitrogens with one attached hydrogen (secondary N) is 3. The predicted octanol–water partition coefficient (Wildman–Crippen LogP) is 1.64. The Bertz CT molecular complexity index is 1250. The Morgan fingerprint density at radius 1 is 1.24 bits per heavy atom. The number of H-pyrrole nitrogens is 1. The summed E-state index contributed by atoms with van der Waals surface area (Å²) in [4.78, 5) is 56.7. The Balaban J connectivity index is 1.40. The van der Waals surface area contributed by atoms with Crippen LogP contribution in [0.15, 0.2) is 18.2 Å². The second-order valence-electron chi connectivity index (χ2n) is 10.2. The fourth-order valence-electron chi connectivity index (χ4n) is 6.25. The average Bonchev–Trinajstić information content (AvgIpc) is 3.66. The maximum Gasteiger partial charge on any atom is 0.271 e. The van der Waals surface area contributed by atoms with Crippen molar-refractivity contribution in [3.63, 3.8) is 0 Å². The van der Waals surface area contributed by atoms with Crippen molar-refractivity contribution in [1.29, 1.82) is 0 Å². The summed E-state index contributed by atoms with van der Waals surface area (Å²) >= 11 is 6.19. The molecule has 2 aliphatic heterocycles. The lowest BCUT2D eigenvalue weighted by atomic mass is 9.92. The molecule has 2 aromatic rings.